The van der Waals surface area contributed by atoms with Crippen LogP contribution in [0.5, 0.6) is 0 Å². The number of aromatic nitrogens is 2. The minimum atomic E-state index is -0.497. The van der Waals surface area contributed by atoms with Crippen molar-refractivity contribution in [3.05, 3.63) is 36.4 Å². The number of carbonyl (C=O) groups excluding carboxylic acids is 1. The minimum absolute atomic E-state index is 0.315. The highest BCUT2D eigenvalue weighted by molar-refractivity contribution is 5.97. The number of hydrogen-bond donors (Lipinski definition) is 1. The highest BCUT2D eigenvalue weighted by Gasteiger charge is 2.07. The average Bonchev–Trinajstić information content (AvgIpc) is 2.47. The second-order valence-electron chi connectivity index (χ2n) is 2.45. The molecule has 0 saturated heterocycles. The first-order valence-corrected chi connectivity index (χ1v) is 3.50. The molecular weight excluding hydrogens is 154 g/mol. The molecule has 0 bridgehead atoms. The summed E-state index contributed by atoms with van der Waals surface area (Å²) in [6, 6.07) is 5.50. The van der Waals surface area contributed by atoms with Gasteiger partial charge in [-0.3, -0.25) is 4.79 Å². The van der Waals surface area contributed by atoms with Crippen molar-refractivity contribution < 1.29 is 4.79 Å². The van der Waals surface area contributed by atoms with Crippen molar-refractivity contribution >= 4 is 11.4 Å². The normalized spacial score (nSPS) is 10.3. The molecule has 0 spiro atoms. The smallest absolute Gasteiger partial charge is 0.269 e. The van der Waals surface area contributed by atoms with Crippen LogP contribution in [0.15, 0.2) is 30.7 Å². The van der Waals surface area contributed by atoms with E-state index in [1.165, 1.54) is 0 Å². The zero-order valence-corrected chi connectivity index (χ0v) is 6.27. The summed E-state index contributed by atoms with van der Waals surface area (Å²) >= 11 is 0. The van der Waals surface area contributed by atoms with E-state index in [9.17, 15) is 4.79 Å². The molecule has 1 amide bonds. The monoisotopic (exact) mass is 161 g/mol. The SMILES string of the molecule is NC(=O)c1ncn2ccccc12. The number of fused-ring (bicyclic) bond motifs is 1. The first kappa shape index (κ1) is 6.84. The van der Waals surface area contributed by atoms with Gasteiger partial charge in [-0.2, -0.15) is 0 Å². The van der Waals surface area contributed by atoms with Crippen molar-refractivity contribution in [1.82, 2.24) is 9.38 Å². The van der Waals surface area contributed by atoms with Crippen LogP contribution in [-0.4, -0.2) is 15.3 Å². The molecule has 12 heavy (non-hydrogen) atoms. The van der Waals surface area contributed by atoms with E-state index in [0.29, 0.717) is 5.69 Å². The molecule has 0 unspecified atom stereocenters. The van der Waals surface area contributed by atoms with Gasteiger partial charge >= 0.3 is 0 Å². The maximum Gasteiger partial charge on any atom is 0.269 e. The average molecular weight is 161 g/mol. The second kappa shape index (κ2) is 2.34. The Balaban J connectivity index is 2.79. The van der Waals surface area contributed by atoms with Crippen LogP contribution >= 0.6 is 0 Å². The van der Waals surface area contributed by atoms with Gasteiger partial charge in [0, 0.05) is 6.20 Å². The van der Waals surface area contributed by atoms with Crippen LogP contribution in [0.3, 0.4) is 0 Å². The highest BCUT2D eigenvalue weighted by atomic mass is 16.1. The van der Waals surface area contributed by atoms with Gasteiger partial charge in [0.2, 0.25) is 0 Å². The highest BCUT2D eigenvalue weighted by Crippen LogP contribution is 2.07. The lowest BCUT2D eigenvalue weighted by Crippen LogP contribution is -2.11. The van der Waals surface area contributed by atoms with Crippen LogP contribution in [0.2, 0.25) is 0 Å². The topological polar surface area (TPSA) is 60.4 Å². The maximum atomic E-state index is 10.8. The molecule has 2 N–H and O–H groups in total. The molecule has 2 heterocycles. The largest absolute Gasteiger partial charge is 0.364 e. The lowest BCUT2D eigenvalue weighted by molar-refractivity contribution is 0.0997. The zero-order valence-electron chi connectivity index (χ0n) is 6.27. The maximum absolute atomic E-state index is 10.8. The van der Waals surface area contributed by atoms with Gasteiger partial charge in [-0.15, -0.1) is 0 Å². The molecule has 0 aromatic carbocycles. The van der Waals surface area contributed by atoms with Gasteiger partial charge in [0.15, 0.2) is 5.69 Å². The fraction of sp³-hybridized carbons (Fsp3) is 0. The zero-order chi connectivity index (χ0) is 8.55. The summed E-state index contributed by atoms with van der Waals surface area (Å²) in [5, 5.41) is 0. The number of nitrogens with zero attached hydrogens (tertiary/aromatic N) is 2. The lowest BCUT2D eigenvalue weighted by Gasteiger charge is -1.91. The second-order valence-corrected chi connectivity index (χ2v) is 2.45. The Labute approximate surface area is 68.6 Å². The number of rotatable bonds is 1. The van der Waals surface area contributed by atoms with Gasteiger partial charge in [-0.25, -0.2) is 4.98 Å². The van der Waals surface area contributed by atoms with Crippen molar-refractivity contribution in [3.63, 3.8) is 0 Å². The molecule has 0 saturated carbocycles. The van der Waals surface area contributed by atoms with Crippen molar-refractivity contribution in [2.45, 2.75) is 0 Å². The summed E-state index contributed by atoms with van der Waals surface area (Å²) in [5.41, 5.74) is 6.17. The van der Waals surface area contributed by atoms with Gasteiger partial charge in [-0.1, -0.05) is 6.07 Å². The van der Waals surface area contributed by atoms with E-state index in [1.54, 1.807) is 16.8 Å². The first-order chi connectivity index (χ1) is 5.79. The molecule has 0 aliphatic carbocycles. The first-order valence-electron chi connectivity index (χ1n) is 3.50. The third-order valence-corrected chi connectivity index (χ3v) is 1.68. The van der Waals surface area contributed by atoms with Gasteiger partial charge < -0.3 is 10.1 Å². The third kappa shape index (κ3) is 0.852. The fourth-order valence-electron chi connectivity index (χ4n) is 1.13. The molecule has 0 atom stereocenters. The summed E-state index contributed by atoms with van der Waals surface area (Å²) in [6.07, 6.45) is 3.38. The van der Waals surface area contributed by atoms with Gasteiger partial charge in [0.1, 0.15) is 6.33 Å². The van der Waals surface area contributed by atoms with Gasteiger partial charge in [-0.05, 0) is 12.1 Å². The van der Waals surface area contributed by atoms with E-state index < -0.39 is 5.91 Å². The minimum Gasteiger partial charge on any atom is -0.364 e. The number of imidazole rings is 1. The van der Waals surface area contributed by atoms with Gasteiger partial charge in [0.25, 0.3) is 5.91 Å². The summed E-state index contributed by atoms with van der Waals surface area (Å²) in [7, 11) is 0. The van der Waals surface area contributed by atoms with Gasteiger partial charge in [0.05, 0.1) is 5.52 Å². The molecular formula is C8H7N3O. The van der Waals surface area contributed by atoms with Crippen LogP contribution in [-0.2, 0) is 0 Å². The van der Waals surface area contributed by atoms with Crippen molar-refractivity contribution in [2.75, 3.05) is 0 Å². The molecule has 0 aliphatic rings. The van der Waals surface area contributed by atoms with Crippen molar-refractivity contribution in [2.24, 2.45) is 5.73 Å². The van der Waals surface area contributed by atoms with Crippen LogP contribution < -0.4 is 5.73 Å². The summed E-state index contributed by atoms with van der Waals surface area (Å²) in [5.74, 6) is -0.497. The molecule has 60 valence electrons. The number of amides is 1. The van der Waals surface area contributed by atoms with E-state index in [4.69, 9.17) is 5.73 Å². The number of primary amides is 1. The van der Waals surface area contributed by atoms with E-state index in [-0.39, 0.29) is 0 Å². The Morgan fingerprint density at radius 1 is 1.50 bits per heavy atom. The van der Waals surface area contributed by atoms with E-state index in [0.717, 1.165) is 5.52 Å². The Hall–Kier alpha value is -1.84. The predicted molar refractivity (Wildman–Crippen MR) is 43.7 cm³/mol. The third-order valence-electron chi connectivity index (χ3n) is 1.68. The molecule has 0 aliphatic heterocycles. The van der Waals surface area contributed by atoms with E-state index in [1.807, 2.05) is 18.3 Å². The Bertz CT molecular complexity index is 433. The Kier molecular flexibility index (Phi) is 1.33. The van der Waals surface area contributed by atoms with E-state index >= 15 is 0 Å². The number of carbonyl (C=O) groups is 1. The molecule has 4 heteroatoms. The Morgan fingerprint density at radius 3 is 3.08 bits per heavy atom. The van der Waals surface area contributed by atoms with E-state index in [2.05, 4.69) is 4.98 Å². The van der Waals surface area contributed by atoms with Crippen LogP contribution in [0, 0.1) is 0 Å². The molecule has 4 nitrogen and oxygen atoms in total. The standard InChI is InChI=1S/C8H7N3O/c9-8(12)7-6-3-1-2-4-11(6)5-10-7/h1-5H,(H2,9,12). The summed E-state index contributed by atoms with van der Waals surface area (Å²) in [4.78, 5) is 14.7. The quantitative estimate of drug-likeness (QED) is 0.659. The number of hydrogen-bond acceptors (Lipinski definition) is 2. The number of pyridine rings is 1. The molecule has 0 fully saturated rings. The molecule has 2 rings (SSSR count). The van der Waals surface area contributed by atoms with Crippen LogP contribution in [0.25, 0.3) is 5.52 Å². The lowest BCUT2D eigenvalue weighted by atomic mass is 10.3. The van der Waals surface area contributed by atoms with Crippen molar-refractivity contribution in [3.8, 4) is 0 Å². The van der Waals surface area contributed by atoms with Crippen LogP contribution in [0.4, 0.5) is 0 Å². The predicted octanol–water partition coefficient (Wildman–Crippen LogP) is 0.433. The molecule has 0 radical (unpaired) electrons. The van der Waals surface area contributed by atoms with Crippen LogP contribution in [0.1, 0.15) is 10.5 Å². The molecule has 2 aromatic heterocycles. The number of nitrogens with two attached hydrogens (primary N) is 1. The summed E-state index contributed by atoms with van der Waals surface area (Å²) < 4.78 is 1.75. The summed E-state index contributed by atoms with van der Waals surface area (Å²) in [6.45, 7) is 0. The Morgan fingerprint density at radius 2 is 2.33 bits per heavy atom. The fourth-order valence-corrected chi connectivity index (χ4v) is 1.13. The molecule has 2 aromatic rings. The van der Waals surface area contributed by atoms with Crippen molar-refractivity contribution in [1.29, 1.82) is 0 Å².